The zero-order valence-electron chi connectivity index (χ0n) is 11.3. The lowest BCUT2D eigenvalue weighted by atomic mass is 10.2. The molecule has 0 spiro atoms. The Morgan fingerprint density at radius 3 is 2.42 bits per heavy atom. The number of rotatable bonds is 3. The van der Waals surface area contributed by atoms with E-state index in [4.69, 9.17) is 0 Å². The fourth-order valence-corrected chi connectivity index (χ4v) is 2.26. The Morgan fingerprint density at radius 1 is 1.26 bits per heavy atom. The van der Waals surface area contributed by atoms with Crippen LogP contribution in [0.5, 0.6) is 0 Å². The Balaban J connectivity index is 2.04. The van der Waals surface area contributed by atoms with Crippen LogP contribution in [-0.2, 0) is 13.6 Å². The maximum absolute atomic E-state index is 12.0. The molecule has 0 aliphatic carbocycles. The van der Waals surface area contributed by atoms with Gasteiger partial charge in [0.2, 0.25) is 0 Å². The summed E-state index contributed by atoms with van der Waals surface area (Å²) < 4.78 is 3.10. The maximum atomic E-state index is 12.0. The molecule has 1 heterocycles. The first-order valence-corrected chi connectivity index (χ1v) is 6.94. The van der Waals surface area contributed by atoms with E-state index in [1.54, 1.807) is 0 Å². The molecule has 19 heavy (non-hydrogen) atoms. The Hall–Kier alpha value is -1.55. The lowest BCUT2D eigenvalue weighted by Gasteiger charge is -2.06. The third-order valence-corrected chi connectivity index (χ3v) is 3.95. The smallest absolute Gasteiger partial charge is 0.251 e. The number of hydrogen-bond donors (Lipinski definition) is 1. The topological polar surface area (TPSA) is 34.0 Å². The molecule has 0 atom stereocenters. The van der Waals surface area contributed by atoms with Crippen LogP contribution < -0.4 is 5.32 Å². The van der Waals surface area contributed by atoms with Gasteiger partial charge in [-0.05, 0) is 49.7 Å². The minimum atomic E-state index is -0.0478. The molecule has 0 fully saturated rings. The Bertz CT molecular complexity index is 599. The monoisotopic (exact) mass is 320 g/mol. The molecule has 2 aromatic rings. The number of aryl methyl sites for hydroxylation is 1. The minimum absolute atomic E-state index is 0.0478. The van der Waals surface area contributed by atoms with Gasteiger partial charge in [0.25, 0.3) is 5.91 Å². The number of aromatic nitrogens is 1. The number of nitrogens with zero attached hydrogens (tertiary/aromatic N) is 1. The van der Waals surface area contributed by atoms with Crippen LogP contribution in [0.4, 0.5) is 0 Å². The summed E-state index contributed by atoms with van der Waals surface area (Å²) in [6, 6.07) is 9.46. The Labute approximate surface area is 121 Å². The summed E-state index contributed by atoms with van der Waals surface area (Å²) >= 11 is 3.36. The average Bonchev–Trinajstić information content (AvgIpc) is 2.64. The molecule has 1 N–H and O–H groups in total. The zero-order chi connectivity index (χ0) is 14.0. The van der Waals surface area contributed by atoms with E-state index >= 15 is 0 Å². The van der Waals surface area contributed by atoms with Gasteiger partial charge in [0.05, 0.1) is 0 Å². The lowest BCUT2D eigenvalue weighted by Crippen LogP contribution is -2.22. The molecule has 0 radical (unpaired) electrons. The molecule has 100 valence electrons. The number of nitrogens with one attached hydrogen (secondary N) is 1. The van der Waals surface area contributed by atoms with Crippen LogP contribution in [-0.4, -0.2) is 10.5 Å². The van der Waals surface area contributed by atoms with Gasteiger partial charge >= 0.3 is 0 Å². The van der Waals surface area contributed by atoms with E-state index in [0.717, 1.165) is 10.0 Å². The van der Waals surface area contributed by atoms with Gasteiger partial charge < -0.3 is 9.88 Å². The minimum Gasteiger partial charge on any atom is -0.352 e. The normalized spacial score (nSPS) is 10.5. The van der Waals surface area contributed by atoms with Crippen LogP contribution in [0.3, 0.4) is 0 Å². The number of amides is 1. The fraction of sp³-hybridized carbons (Fsp3) is 0.267. The fourth-order valence-electron chi connectivity index (χ4n) is 1.99. The molecule has 0 aliphatic heterocycles. The third kappa shape index (κ3) is 3.07. The molecule has 0 aliphatic rings. The van der Waals surface area contributed by atoms with Gasteiger partial charge in [-0.25, -0.2) is 0 Å². The molecule has 2 rings (SSSR count). The van der Waals surface area contributed by atoms with E-state index < -0.39 is 0 Å². The van der Waals surface area contributed by atoms with Gasteiger partial charge in [-0.1, -0.05) is 15.9 Å². The van der Waals surface area contributed by atoms with E-state index in [1.165, 1.54) is 11.4 Å². The molecule has 1 aromatic heterocycles. The summed E-state index contributed by atoms with van der Waals surface area (Å²) in [5, 5.41) is 2.95. The Morgan fingerprint density at radius 2 is 1.89 bits per heavy atom. The van der Waals surface area contributed by atoms with Crippen molar-refractivity contribution in [3.8, 4) is 0 Å². The molecule has 1 aromatic carbocycles. The van der Waals surface area contributed by atoms with Gasteiger partial charge in [0.15, 0.2) is 0 Å². The van der Waals surface area contributed by atoms with Crippen molar-refractivity contribution in [2.45, 2.75) is 20.4 Å². The summed E-state index contributed by atoms with van der Waals surface area (Å²) in [6.45, 7) is 4.68. The highest BCUT2D eigenvalue weighted by Crippen LogP contribution is 2.14. The SMILES string of the molecule is Cc1cc(CNC(=O)c2ccc(Br)cc2)c(C)n1C. The van der Waals surface area contributed by atoms with Gasteiger partial charge in [-0.3, -0.25) is 4.79 Å². The van der Waals surface area contributed by atoms with Crippen LogP contribution >= 0.6 is 15.9 Å². The number of carbonyl (C=O) groups excluding carboxylic acids is 1. The molecule has 3 nitrogen and oxygen atoms in total. The Kier molecular flexibility index (Phi) is 4.10. The molecular weight excluding hydrogens is 304 g/mol. The summed E-state index contributed by atoms with van der Waals surface area (Å²) in [5.41, 5.74) is 4.22. The molecular formula is C15H17BrN2O. The van der Waals surface area contributed by atoms with Crippen molar-refractivity contribution in [1.82, 2.24) is 9.88 Å². The first kappa shape index (κ1) is 13.9. The lowest BCUT2D eigenvalue weighted by molar-refractivity contribution is 0.0951. The van der Waals surface area contributed by atoms with E-state index in [1.807, 2.05) is 31.3 Å². The summed E-state index contributed by atoms with van der Waals surface area (Å²) in [6.07, 6.45) is 0. The van der Waals surface area contributed by atoms with Crippen molar-refractivity contribution in [3.63, 3.8) is 0 Å². The number of carbonyl (C=O) groups is 1. The van der Waals surface area contributed by atoms with Crippen LogP contribution in [0.1, 0.15) is 27.3 Å². The highest BCUT2D eigenvalue weighted by molar-refractivity contribution is 9.10. The van der Waals surface area contributed by atoms with Crippen molar-refractivity contribution in [1.29, 1.82) is 0 Å². The third-order valence-electron chi connectivity index (χ3n) is 3.43. The van der Waals surface area contributed by atoms with E-state index in [9.17, 15) is 4.79 Å². The van der Waals surface area contributed by atoms with Crippen LogP contribution in [0.15, 0.2) is 34.8 Å². The van der Waals surface area contributed by atoms with Gasteiger partial charge in [-0.2, -0.15) is 0 Å². The van der Waals surface area contributed by atoms with Gasteiger partial charge in [0.1, 0.15) is 0 Å². The first-order valence-electron chi connectivity index (χ1n) is 6.14. The summed E-state index contributed by atoms with van der Waals surface area (Å²) in [5.74, 6) is -0.0478. The molecule has 1 amide bonds. The molecule has 0 saturated heterocycles. The summed E-state index contributed by atoms with van der Waals surface area (Å²) in [4.78, 5) is 12.0. The second-order valence-corrected chi connectivity index (χ2v) is 5.56. The predicted molar refractivity (Wildman–Crippen MR) is 80.2 cm³/mol. The highest BCUT2D eigenvalue weighted by Gasteiger charge is 2.09. The van der Waals surface area contributed by atoms with E-state index in [0.29, 0.717) is 12.1 Å². The highest BCUT2D eigenvalue weighted by atomic mass is 79.9. The van der Waals surface area contributed by atoms with E-state index in [-0.39, 0.29) is 5.91 Å². The van der Waals surface area contributed by atoms with Crippen molar-refractivity contribution in [2.24, 2.45) is 7.05 Å². The second-order valence-electron chi connectivity index (χ2n) is 4.64. The number of hydrogen-bond acceptors (Lipinski definition) is 1. The first-order chi connectivity index (χ1) is 8.99. The largest absolute Gasteiger partial charge is 0.352 e. The second kappa shape index (κ2) is 5.61. The average molecular weight is 321 g/mol. The summed E-state index contributed by atoms with van der Waals surface area (Å²) in [7, 11) is 2.03. The van der Waals surface area contributed by atoms with Gasteiger partial charge in [0, 0.05) is 35.0 Å². The zero-order valence-corrected chi connectivity index (χ0v) is 12.9. The quantitative estimate of drug-likeness (QED) is 0.924. The van der Waals surface area contributed by atoms with E-state index in [2.05, 4.69) is 45.7 Å². The van der Waals surface area contributed by atoms with Crippen LogP contribution in [0, 0.1) is 13.8 Å². The number of benzene rings is 1. The van der Waals surface area contributed by atoms with Crippen molar-refractivity contribution in [2.75, 3.05) is 0 Å². The van der Waals surface area contributed by atoms with Crippen molar-refractivity contribution in [3.05, 3.63) is 57.3 Å². The standard InChI is InChI=1S/C15H17BrN2O/c1-10-8-13(11(2)18(10)3)9-17-15(19)12-4-6-14(16)7-5-12/h4-8H,9H2,1-3H3,(H,17,19). The predicted octanol–water partition coefficient (Wildman–Crippen LogP) is 3.33. The molecule has 0 unspecified atom stereocenters. The molecule has 4 heteroatoms. The van der Waals surface area contributed by atoms with Crippen molar-refractivity contribution >= 4 is 21.8 Å². The molecule has 0 bridgehead atoms. The van der Waals surface area contributed by atoms with Crippen LogP contribution in [0.2, 0.25) is 0 Å². The van der Waals surface area contributed by atoms with Crippen molar-refractivity contribution < 1.29 is 4.79 Å². The van der Waals surface area contributed by atoms with Crippen LogP contribution in [0.25, 0.3) is 0 Å². The number of halogens is 1. The maximum Gasteiger partial charge on any atom is 0.251 e. The van der Waals surface area contributed by atoms with Gasteiger partial charge in [-0.15, -0.1) is 0 Å². The molecule has 0 saturated carbocycles.